The van der Waals surface area contributed by atoms with E-state index in [0.29, 0.717) is 6.42 Å². The van der Waals surface area contributed by atoms with Gasteiger partial charge in [-0.05, 0) is 37.1 Å². The molecule has 98 valence electrons. The summed E-state index contributed by atoms with van der Waals surface area (Å²) in [6.45, 7) is 2.12. The standard InChI is InChI=1S/C14H15N3OS/c1-9(13-7-15-8-19-13)16-11-3-4-12-10(6-11)2-5-14(18)17-12/h3-4,6-9,16H,2,5H2,1H3,(H,17,18). The van der Waals surface area contributed by atoms with Crippen LogP contribution in [0.25, 0.3) is 0 Å². The molecule has 2 heterocycles. The molecule has 0 fully saturated rings. The highest BCUT2D eigenvalue weighted by Crippen LogP contribution is 2.28. The van der Waals surface area contributed by atoms with E-state index in [0.717, 1.165) is 17.8 Å². The van der Waals surface area contributed by atoms with Crippen molar-refractivity contribution in [2.75, 3.05) is 10.6 Å². The lowest BCUT2D eigenvalue weighted by atomic mass is 10.0. The van der Waals surface area contributed by atoms with Crippen LogP contribution >= 0.6 is 11.3 Å². The molecule has 2 aromatic rings. The van der Waals surface area contributed by atoms with E-state index in [1.165, 1.54) is 10.4 Å². The van der Waals surface area contributed by atoms with Crippen LogP contribution in [0.5, 0.6) is 0 Å². The second-order valence-electron chi connectivity index (χ2n) is 4.69. The zero-order chi connectivity index (χ0) is 13.2. The summed E-state index contributed by atoms with van der Waals surface area (Å²) in [6.07, 6.45) is 3.27. The van der Waals surface area contributed by atoms with Crippen molar-refractivity contribution in [1.82, 2.24) is 4.98 Å². The number of rotatable bonds is 3. The minimum absolute atomic E-state index is 0.103. The molecule has 1 atom stereocenters. The highest BCUT2D eigenvalue weighted by Gasteiger charge is 2.15. The molecule has 1 amide bonds. The van der Waals surface area contributed by atoms with Gasteiger partial charge >= 0.3 is 0 Å². The van der Waals surface area contributed by atoms with Gasteiger partial charge in [-0.2, -0.15) is 0 Å². The summed E-state index contributed by atoms with van der Waals surface area (Å²) in [4.78, 5) is 16.6. The molecule has 1 aromatic heterocycles. The topological polar surface area (TPSA) is 54.0 Å². The van der Waals surface area contributed by atoms with Crippen LogP contribution in [-0.2, 0) is 11.2 Å². The Labute approximate surface area is 115 Å². The molecule has 1 aliphatic heterocycles. The van der Waals surface area contributed by atoms with Crippen molar-refractivity contribution in [3.05, 3.63) is 40.3 Å². The first kappa shape index (κ1) is 12.2. The zero-order valence-corrected chi connectivity index (χ0v) is 11.5. The third-order valence-electron chi connectivity index (χ3n) is 3.26. The molecule has 0 saturated carbocycles. The number of hydrogen-bond acceptors (Lipinski definition) is 4. The zero-order valence-electron chi connectivity index (χ0n) is 10.6. The van der Waals surface area contributed by atoms with Crippen molar-refractivity contribution in [3.8, 4) is 0 Å². The van der Waals surface area contributed by atoms with Crippen molar-refractivity contribution in [2.45, 2.75) is 25.8 Å². The van der Waals surface area contributed by atoms with Crippen LogP contribution in [0, 0.1) is 0 Å². The molecule has 4 nitrogen and oxygen atoms in total. The van der Waals surface area contributed by atoms with Crippen LogP contribution in [0.2, 0.25) is 0 Å². The Bertz CT molecular complexity index is 595. The first-order chi connectivity index (χ1) is 9.22. The molecule has 0 spiro atoms. The van der Waals surface area contributed by atoms with E-state index in [1.54, 1.807) is 11.3 Å². The van der Waals surface area contributed by atoms with Gasteiger partial charge in [0.15, 0.2) is 0 Å². The number of carbonyl (C=O) groups is 1. The Morgan fingerprint density at radius 3 is 3.11 bits per heavy atom. The Morgan fingerprint density at radius 2 is 2.32 bits per heavy atom. The monoisotopic (exact) mass is 273 g/mol. The van der Waals surface area contributed by atoms with Gasteiger partial charge in [-0.15, -0.1) is 11.3 Å². The average molecular weight is 273 g/mol. The van der Waals surface area contributed by atoms with Gasteiger partial charge in [-0.3, -0.25) is 9.78 Å². The number of aromatic nitrogens is 1. The predicted octanol–water partition coefficient (Wildman–Crippen LogP) is 3.20. The fourth-order valence-corrected chi connectivity index (χ4v) is 2.86. The van der Waals surface area contributed by atoms with Gasteiger partial charge in [0.1, 0.15) is 0 Å². The van der Waals surface area contributed by atoms with Gasteiger partial charge in [0, 0.05) is 28.9 Å². The van der Waals surface area contributed by atoms with Gasteiger partial charge < -0.3 is 10.6 Å². The van der Waals surface area contributed by atoms with Gasteiger partial charge in [0.05, 0.1) is 11.6 Å². The second-order valence-corrected chi connectivity index (χ2v) is 5.61. The maximum Gasteiger partial charge on any atom is 0.224 e. The second kappa shape index (κ2) is 5.01. The van der Waals surface area contributed by atoms with Crippen molar-refractivity contribution in [1.29, 1.82) is 0 Å². The quantitative estimate of drug-likeness (QED) is 0.903. The molecule has 1 aliphatic rings. The number of hydrogen-bond donors (Lipinski definition) is 2. The number of benzene rings is 1. The molecule has 0 bridgehead atoms. The van der Waals surface area contributed by atoms with Crippen molar-refractivity contribution in [3.63, 3.8) is 0 Å². The van der Waals surface area contributed by atoms with Crippen LogP contribution in [0.4, 0.5) is 11.4 Å². The number of aryl methyl sites for hydroxylation is 1. The van der Waals surface area contributed by atoms with Crippen molar-refractivity contribution in [2.24, 2.45) is 0 Å². The number of thiazole rings is 1. The molecule has 1 unspecified atom stereocenters. The lowest BCUT2D eigenvalue weighted by Gasteiger charge is -2.19. The predicted molar refractivity (Wildman–Crippen MR) is 77.5 cm³/mol. The summed E-state index contributed by atoms with van der Waals surface area (Å²) < 4.78 is 0. The summed E-state index contributed by atoms with van der Waals surface area (Å²) in [5.74, 6) is 0.103. The van der Waals surface area contributed by atoms with E-state index in [1.807, 2.05) is 23.8 Å². The highest BCUT2D eigenvalue weighted by molar-refractivity contribution is 7.09. The maximum atomic E-state index is 11.3. The minimum atomic E-state index is 0.103. The highest BCUT2D eigenvalue weighted by atomic mass is 32.1. The fourth-order valence-electron chi connectivity index (χ4n) is 2.23. The van der Waals surface area contributed by atoms with Gasteiger partial charge in [0.2, 0.25) is 5.91 Å². The molecular formula is C14H15N3OS. The van der Waals surface area contributed by atoms with Gasteiger partial charge in [-0.1, -0.05) is 0 Å². The summed E-state index contributed by atoms with van der Waals surface area (Å²) in [5, 5.41) is 6.36. The first-order valence-electron chi connectivity index (χ1n) is 6.30. The molecule has 0 saturated heterocycles. The fraction of sp³-hybridized carbons (Fsp3) is 0.286. The number of nitrogens with one attached hydrogen (secondary N) is 2. The number of fused-ring (bicyclic) bond motifs is 1. The Morgan fingerprint density at radius 1 is 1.42 bits per heavy atom. The molecule has 3 rings (SSSR count). The van der Waals surface area contributed by atoms with Gasteiger partial charge in [0.25, 0.3) is 0 Å². The molecule has 0 aliphatic carbocycles. The van der Waals surface area contributed by atoms with Crippen LogP contribution in [-0.4, -0.2) is 10.9 Å². The Balaban J connectivity index is 1.77. The summed E-state index contributed by atoms with van der Waals surface area (Å²) in [5.41, 5.74) is 5.06. The third kappa shape index (κ3) is 2.61. The largest absolute Gasteiger partial charge is 0.378 e. The molecule has 2 N–H and O–H groups in total. The SMILES string of the molecule is CC(Nc1ccc2c(c1)CCC(=O)N2)c1cncs1. The molecular weight excluding hydrogens is 258 g/mol. The maximum absolute atomic E-state index is 11.3. The number of nitrogens with zero attached hydrogens (tertiary/aromatic N) is 1. The number of amides is 1. The third-order valence-corrected chi connectivity index (χ3v) is 4.22. The normalized spacial score (nSPS) is 15.5. The molecule has 19 heavy (non-hydrogen) atoms. The van der Waals surface area contributed by atoms with Crippen LogP contribution in [0.1, 0.15) is 29.8 Å². The van der Waals surface area contributed by atoms with Crippen LogP contribution in [0.15, 0.2) is 29.9 Å². The summed E-state index contributed by atoms with van der Waals surface area (Å²) in [6, 6.07) is 6.33. The Hall–Kier alpha value is -1.88. The molecule has 0 radical (unpaired) electrons. The smallest absolute Gasteiger partial charge is 0.224 e. The number of carbonyl (C=O) groups excluding carboxylic acids is 1. The van der Waals surface area contributed by atoms with E-state index in [2.05, 4.69) is 28.6 Å². The van der Waals surface area contributed by atoms with Crippen molar-refractivity contribution < 1.29 is 4.79 Å². The summed E-state index contributed by atoms with van der Waals surface area (Å²) >= 11 is 1.65. The number of anilines is 2. The summed E-state index contributed by atoms with van der Waals surface area (Å²) in [7, 11) is 0. The lowest BCUT2D eigenvalue weighted by Crippen LogP contribution is -2.19. The van der Waals surface area contributed by atoms with E-state index in [4.69, 9.17) is 0 Å². The van der Waals surface area contributed by atoms with Crippen LogP contribution < -0.4 is 10.6 Å². The molecule has 5 heteroatoms. The molecule has 1 aromatic carbocycles. The average Bonchev–Trinajstić information content (AvgIpc) is 2.93. The van der Waals surface area contributed by atoms with Gasteiger partial charge in [-0.25, -0.2) is 0 Å². The Kier molecular flexibility index (Phi) is 3.21. The first-order valence-corrected chi connectivity index (χ1v) is 7.18. The lowest BCUT2D eigenvalue weighted by molar-refractivity contribution is -0.116. The van der Waals surface area contributed by atoms with E-state index in [9.17, 15) is 4.79 Å². The minimum Gasteiger partial charge on any atom is -0.378 e. The van der Waals surface area contributed by atoms with Crippen molar-refractivity contribution >= 4 is 28.6 Å². The van der Waals surface area contributed by atoms with Crippen LogP contribution in [0.3, 0.4) is 0 Å². The van der Waals surface area contributed by atoms with E-state index >= 15 is 0 Å². The van der Waals surface area contributed by atoms with E-state index in [-0.39, 0.29) is 11.9 Å². The van der Waals surface area contributed by atoms with E-state index < -0.39 is 0 Å².